The van der Waals surface area contributed by atoms with E-state index in [1.165, 1.54) is 21.2 Å². The van der Waals surface area contributed by atoms with Crippen LogP contribution in [0.15, 0.2) is 53.5 Å². The van der Waals surface area contributed by atoms with E-state index in [0.717, 1.165) is 18.4 Å². The van der Waals surface area contributed by atoms with Gasteiger partial charge in [0.15, 0.2) is 5.65 Å². The Balaban J connectivity index is 1.47. The van der Waals surface area contributed by atoms with Crippen molar-refractivity contribution in [2.75, 3.05) is 13.2 Å². The van der Waals surface area contributed by atoms with E-state index in [0.29, 0.717) is 25.3 Å². The summed E-state index contributed by atoms with van der Waals surface area (Å²) in [7, 11) is 0. The summed E-state index contributed by atoms with van der Waals surface area (Å²) in [6, 6.07) is 11.6. The maximum Gasteiger partial charge on any atom is 0.350 e. The van der Waals surface area contributed by atoms with Crippen molar-refractivity contribution in [2.24, 2.45) is 0 Å². The van der Waals surface area contributed by atoms with E-state index in [1.54, 1.807) is 41.4 Å². The molecule has 0 bridgehead atoms. The molecule has 0 N–H and O–H groups in total. The number of carbonyl (C=O) groups is 1. The Morgan fingerprint density at radius 3 is 2.93 bits per heavy atom. The molecule has 0 aliphatic carbocycles. The summed E-state index contributed by atoms with van der Waals surface area (Å²) in [5.74, 6) is -0.447. The molecule has 1 aromatic carbocycles. The van der Waals surface area contributed by atoms with Crippen LogP contribution >= 0.6 is 0 Å². The predicted octanol–water partition coefficient (Wildman–Crippen LogP) is 2.23. The highest BCUT2D eigenvalue weighted by Crippen LogP contribution is 2.16. The third-order valence-corrected chi connectivity index (χ3v) is 5.09. The van der Waals surface area contributed by atoms with E-state index in [2.05, 4.69) is 5.10 Å². The molecule has 0 spiro atoms. The zero-order valence-electron chi connectivity index (χ0n) is 16.0. The number of hydrogen-bond acceptors (Lipinski definition) is 4. The molecular weight excluding hydrogens is 375 g/mol. The Kier molecular flexibility index (Phi) is 5.71. The average Bonchev–Trinajstić information content (AvgIpc) is 3.34. The number of pyridine rings is 1. The highest BCUT2D eigenvalue weighted by Gasteiger charge is 2.23. The zero-order chi connectivity index (χ0) is 20.2. The van der Waals surface area contributed by atoms with Gasteiger partial charge in [0.25, 0.3) is 0 Å². The second kappa shape index (κ2) is 8.57. The maximum absolute atomic E-state index is 13.6. The van der Waals surface area contributed by atoms with Crippen molar-refractivity contribution in [2.45, 2.75) is 38.5 Å². The van der Waals surface area contributed by atoms with Gasteiger partial charge in [-0.3, -0.25) is 9.20 Å². The molecule has 0 saturated carbocycles. The van der Waals surface area contributed by atoms with Crippen LogP contribution in [0.3, 0.4) is 0 Å². The van der Waals surface area contributed by atoms with Gasteiger partial charge >= 0.3 is 5.69 Å². The Morgan fingerprint density at radius 2 is 2.17 bits per heavy atom. The molecule has 3 heterocycles. The van der Waals surface area contributed by atoms with Crippen molar-refractivity contribution < 1.29 is 13.9 Å². The lowest BCUT2D eigenvalue weighted by Crippen LogP contribution is -2.37. The first-order valence-electron chi connectivity index (χ1n) is 9.78. The van der Waals surface area contributed by atoms with Gasteiger partial charge in [0.1, 0.15) is 5.82 Å². The summed E-state index contributed by atoms with van der Waals surface area (Å²) in [5.41, 5.74) is 0.992. The van der Waals surface area contributed by atoms with Crippen LogP contribution in [-0.4, -0.2) is 44.2 Å². The quantitative estimate of drug-likeness (QED) is 0.612. The first-order valence-corrected chi connectivity index (χ1v) is 9.78. The van der Waals surface area contributed by atoms with Crippen molar-refractivity contribution in [3.63, 3.8) is 0 Å². The van der Waals surface area contributed by atoms with Crippen LogP contribution in [0.25, 0.3) is 5.65 Å². The number of rotatable bonds is 7. The van der Waals surface area contributed by atoms with Crippen molar-refractivity contribution >= 4 is 11.6 Å². The summed E-state index contributed by atoms with van der Waals surface area (Å²) >= 11 is 0. The van der Waals surface area contributed by atoms with Crippen LogP contribution in [-0.2, 0) is 22.6 Å². The number of fused-ring (bicyclic) bond motifs is 1. The van der Waals surface area contributed by atoms with E-state index in [-0.39, 0.29) is 36.5 Å². The number of nitrogens with zero attached hydrogens (tertiary/aromatic N) is 4. The van der Waals surface area contributed by atoms with E-state index in [4.69, 9.17) is 4.74 Å². The number of hydrogen-bond donors (Lipinski definition) is 0. The first-order chi connectivity index (χ1) is 14.1. The number of aromatic nitrogens is 3. The number of ether oxygens (including phenoxy) is 1. The van der Waals surface area contributed by atoms with Gasteiger partial charge in [0.2, 0.25) is 5.91 Å². The minimum Gasteiger partial charge on any atom is -0.376 e. The molecule has 1 amide bonds. The Morgan fingerprint density at radius 1 is 1.28 bits per heavy atom. The normalized spacial score (nSPS) is 16.4. The Hall–Kier alpha value is -3.00. The molecule has 3 aromatic rings. The highest BCUT2D eigenvalue weighted by molar-refractivity contribution is 5.76. The third kappa shape index (κ3) is 4.54. The first kappa shape index (κ1) is 19.3. The lowest BCUT2D eigenvalue weighted by atomic mass is 10.1. The van der Waals surface area contributed by atoms with Crippen molar-refractivity contribution in [3.05, 3.63) is 70.5 Å². The fourth-order valence-electron chi connectivity index (χ4n) is 3.62. The summed E-state index contributed by atoms with van der Waals surface area (Å²) in [5, 5.41) is 4.26. The van der Waals surface area contributed by atoms with E-state index in [1.807, 2.05) is 0 Å². The van der Waals surface area contributed by atoms with Gasteiger partial charge in [-0.15, -0.1) is 5.10 Å². The summed E-state index contributed by atoms with van der Waals surface area (Å²) in [4.78, 5) is 27.0. The summed E-state index contributed by atoms with van der Waals surface area (Å²) in [6.45, 7) is 1.64. The van der Waals surface area contributed by atoms with Crippen LogP contribution < -0.4 is 5.69 Å². The minimum absolute atomic E-state index is 0.00887. The average molecular weight is 398 g/mol. The largest absolute Gasteiger partial charge is 0.376 e. The predicted molar refractivity (Wildman–Crippen MR) is 105 cm³/mol. The van der Waals surface area contributed by atoms with Gasteiger partial charge in [-0.25, -0.2) is 13.9 Å². The lowest BCUT2D eigenvalue weighted by Gasteiger charge is -2.25. The Labute approximate surface area is 167 Å². The molecular formula is C21H23FN4O3. The van der Waals surface area contributed by atoms with Crippen LogP contribution in [0, 0.1) is 5.82 Å². The maximum atomic E-state index is 13.6. The van der Waals surface area contributed by atoms with Crippen LogP contribution in [0.4, 0.5) is 4.39 Å². The lowest BCUT2D eigenvalue weighted by molar-refractivity contribution is -0.133. The monoisotopic (exact) mass is 398 g/mol. The third-order valence-electron chi connectivity index (χ3n) is 5.09. The van der Waals surface area contributed by atoms with Crippen molar-refractivity contribution in [1.82, 2.24) is 19.1 Å². The zero-order valence-corrected chi connectivity index (χ0v) is 16.0. The molecule has 152 valence electrons. The second-order valence-corrected chi connectivity index (χ2v) is 7.22. The summed E-state index contributed by atoms with van der Waals surface area (Å²) < 4.78 is 22.0. The van der Waals surface area contributed by atoms with E-state index >= 15 is 0 Å². The van der Waals surface area contributed by atoms with Crippen LogP contribution in [0.5, 0.6) is 0 Å². The molecule has 1 atom stereocenters. The molecule has 8 heteroatoms. The smallest absolute Gasteiger partial charge is 0.350 e. The minimum atomic E-state index is -0.330. The summed E-state index contributed by atoms with van der Waals surface area (Å²) in [6.07, 6.45) is 3.65. The topological polar surface area (TPSA) is 68.8 Å². The van der Waals surface area contributed by atoms with Gasteiger partial charge in [0.05, 0.1) is 12.6 Å². The SMILES string of the molecule is O=C(CCn1nc2ccccn2c1=O)N(Cc1cccc(F)c1)CC1CCCO1. The van der Waals surface area contributed by atoms with Gasteiger partial charge in [-0.2, -0.15) is 0 Å². The number of benzene rings is 1. The molecule has 0 radical (unpaired) electrons. The highest BCUT2D eigenvalue weighted by atomic mass is 19.1. The Bertz CT molecular complexity index is 1060. The fourth-order valence-corrected chi connectivity index (χ4v) is 3.62. The molecule has 2 aromatic heterocycles. The molecule has 1 aliphatic rings. The second-order valence-electron chi connectivity index (χ2n) is 7.22. The van der Waals surface area contributed by atoms with Gasteiger partial charge in [-0.1, -0.05) is 18.2 Å². The molecule has 1 unspecified atom stereocenters. The van der Waals surface area contributed by atoms with Gasteiger partial charge in [-0.05, 0) is 42.7 Å². The molecule has 4 rings (SSSR count). The number of carbonyl (C=O) groups excluding carboxylic acids is 1. The van der Waals surface area contributed by atoms with Crippen molar-refractivity contribution in [1.29, 1.82) is 0 Å². The molecule has 7 nitrogen and oxygen atoms in total. The number of halogens is 1. The van der Waals surface area contributed by atoms with Crippen LogP contribution in [0.1, 0.15) is 24.8 Å². The number of amides is 1. The van der Waals surface area contributed by atoms with Gasteiger partial charge in [0, 0.05) is 32.3 Å². The van der Waals surface area contributed by atoms with Crippen LogP contribution in [0.2, 0.25) is 0 Å². The van der Waals surface area contributed by atoms with Gasteiger partial charge < -0.3 is 9.64 Å². The molecule has 1 aliphatic heterocycles. The molecule has 1 saturated heterocycles. The standard InChI is InChI=1S/C21H23FN4O3/c22-17-6-3-5-16(13-17)14-24(15-18-7-4-12-29-18)20(27)9-11-26-21(28)25-10-2-1-8-19(25)23-26/h1-3,5-6,8,10,13,18H,4,7,9,11-12,14-15H2. The van der Waals surface area contributed by atoms with Crippen molar-refractivity contribution in [3.8, 4) is 0 Å². The number of aryl methyl sites for hydroxylation is 1. The van der Waals surface area contributed by atoms with E-state index < -0.39 is 0 Å². The fraction of sp³-hybridized carbons (Fsp3) is 0.381. The molecule has 29 heavy (non-hydrogen) atoms. The molecule has 1 fully saturated rings. The van der Waals surface area contributed by atoms with E-state index in [9.17, 15) is 14.0 Å².